The number of carbonyl (C=O) groups excluding carboxylic acids is 1. The van der Waals surface area contributed by atoms with Crippen LogP contribution in [0.15, 0.2) is 28.7 Å². The summed E-state index contributed by atoms with van der Waals surface area (Å²) in [7, 11) is 4.10. The van der Waals surface area contributed by atoms with Crippen LogP contribution < -0.4 is 0 Å². The van der Waals surface area contributed by atoms with Gasteiger partial charge in [0.05, 0.1) is 20.6 Å². The van der Waals surface area contributed by atoms with Gasteiger partial charge in [-0.05, 0) is 24.1 Å². The third-order valence-electron chi connectivity index (χ3n) is 5.62. The maximum Gasteiger partial charge on any atom is 0.343 e. The Morgan fingerprint density at radius 2 is 1.96 bits per heavy atom. The van der Waals surface area contributed by atoms with Gasteiger partial charge in [-0.1, -0.05) is 28.1 Å². The fraction of sp³-hybridized carbons (Fsp3) is 0.632. The monoisotopic (exact) mass is 432 g/mol. The molecule has 2 aliphatic rings. The van der Waals surface area contributed by atoms with Crippen molar-refractivity contribution in [2.24, 2.45) is 5.92 Å². The van der Waals surface area contributed by atoms with E-state index in [9.17, 15) is 18.7 Å². The molecule has 0 bridgehead atoms. The summed E-state index contributed by atoms with van der Waals surface area (Å²) in [5, 5.41) is 11.3. The quantitative estimate of drug-likeness (QED) is 0.585. The van der Waals surface area contributed by atoms with E-state index in [0.717, 1.165) is 15.5 Å². The van der Waals surface area contributed by atoms with E-state index in [1.165, 1.54) is 0 Å². The number of ether oxygens (including phenoxy) is 1. The number of esters is 1. The van der Waals surface area contributed by atoms with Crippen molar-refractivity contribution in [3.8, 4) is 0 Å². The molecular formula is C19H25BrF2NO3+. The number of likely N-dealkylation sites (tertiary alicyclic amines) is 1. The molecule has 3 rings (SSSR count). The average Bonchev–Trinajstić information content (AvgIpc) is 3.08. The Morgan fingerprint density at radius 1 is 1.31 bits per heavy atom. The van der Waals surface area contributed by atoms with Crippen molar-refractivity contribution in [1.29, 1.82) is 0 Å². The minimum Gasteiger partial charge on any atom is -0.454 e. The number of aliphatic hydroxyl groups is 1. The van der Waals surface area contributed by atoms with Gasteiger partial charge in [-0.15, -0.1) is 0 Å². The Bertz CT molecular complexity index is 680. The molecule has 1 saturated heterocycles. The Morgan fingerprint density at radius 3 is 2.46 bits per heavy atom. The Kier molecular flexibility index (Phi) is 5.18. The number of carbonyl (C=O) groups is 1. The van der Waals surface area contributed by atoms with Crippen LogP contribution in [0.2, 0.25) is 0 Å². The second kappa shape index (κ2) is 6.84. The summed E-state index contributed by atoms with van der Waals surface area (Å²) in [6.45, 7) is 1.53. The number of hydrogen-bond acceptors (Lipinski definition) is 3. The average molecular weight is 433 g/mol. The molecule has 0 spiro atoms. The zero-order valence-electron chi connectivity index (χ0n) is 15.1. The van der Waals surface area contributed by atoms with E-state index in [1.54, 1.807) is 24.3 Å². The highest BCUT2D eigenvalue weighted by Crippen LogP contribution is 2.48. The second-order valence-electron chi connectivity index (χ2n) is 8.23. The van der Waals surface area contributed by atoms with Crippen LogP contribution in [0.1, 0.15) is 31.2 Å². The predicted molar refractivity (Wildman–Crippen MR) is 96.7 cm³/mol. The number of hydrogen-bond donors (Lipinski definition) is 1. The van der Waals surface area contributed by atoms with Gasteiger partial charge in [0.15, 0.2) is 11.7 Å². The Balaban J connectivity index is 1.87. The van der Waals surface area contributed by atoms with Crippen LogP contribution in [0.4, 0.5) is 8.78 Å². The zero-order valence-corrected chi connectivity index (χ0v) is 16.6. The van der Waals surface area contributed by atoms with Gasteiger partial charge in [-0.3, -0.25) is 0 Å². The molecule has 144 valence electrons. The fourth-order valence-corrected chi connectivity index (χ4v) is 4.36. The SMILES string of the molecule is C[N+]1(C)CC[C@@H](OC(=O)[C@](O)(c2ccc(Br)cc2)[C@@H]2CCC(F)(F)C2)C1. The van der Waals surface area contributed by atoms with Gasteiger partial charge in [0.25, 0.3) is 0 Å². The van der Waals surface area contributed by atoms with Gasteiger partial charge in [-0.2, -0.15) is 0 Å². The number of alkyl halides is 2. The molecule has 3 atom stereocenters. The van der Waals surface area contributed by atoms with Crippen LogP contribution in [0.25, 0.3) is 0 Å². The lowest BCUT2D eigenvalue weighted by molar-refractivity contribution is -0.879. The van der Waals surface area contributed by atoms with Crippen molar-refractivity contribution < 1.29 is 27.9 Å². The summed E-state index contributed by atoms with van der Waals surface area (Å²) < 4.78 is 34.7. The molecule has 1 saturated carbocycles. The summed E-state index contributed by atoms with van der Waals surface area (Å²) in [6, 6.07) is 6.57. The van der Waals surface area contributed by atoms with Crippen molar-refractivity contribution in [1.82, 2.24) is 0 Å². The lowest BCUT2D eigenvalue weighted by atomic mass is 9.80. The van der Waals surface area contributed by atoms with Gasteiger partial charge in [0.1, 0.15) is 6.54 Å². The van der Waals surface area contributed by atoms with Crippen LogP contribution in [0.3, 0.4) is 0 Å². The van der Waals surface area contributed by atoms with Crippen molar-refractivity contribution in [2.75, 3.05) is 27.2 Å². The highest BCUT2D eigenvalue weighted by atomic mass is 79.9. The van der Waals surface area contributed by atoms with Crippen molar-refractivity contribution in [3.05, 3.63) is 34.3 Å². The fourth-order valence-electron chi connectivity index (χ4n) is 4.10. The van der Waals surface area contributed by atoms with Gasteiger partial charge >= 0.3 is 5.97 Å². The van der Waals surface area contributed by atoms with Crippen LogP contribution in [-0.2, 0) is 15.1 Å². The zero-order chi connectivity index (χ0) is 19.2. The van der Waals surface area contributed by atoms with E-state index in [-0.39, 0.29) is 18.9 Å². The molecule has 7 heteroatoms. The van der Waals surface area contributed by atoms with E-state index < -0.39 is 29.8 Å². The number of quaternary nitrogens is 1. The summed E-state index contributed by atoms with van der Waals surface area (Å²) in [5.74, 6) is -4.54. The second-order valence-corrected chi connectivity index (χ2v) is 9.14. The standard InChI is InChI=1S/C19H25BrF2NO3/c1-23(2)10-8-16(12-23)26-17(24)19(25,13-3-5-15(20)6-4-13)14-7-9-18(21,22)11-14/h3-6,14,16,25H,7-12H2,1-2H3/q+1/t14-,16-,19+/m1/s1. The van der Waals surface area contributed by atoms with E-state index >= 15 is 0 Å². The maximum absolute atomic E-state index is 13.8. The van der Waals surface area contributed by atoms with E-state index in [2.05, 4.69) is 15.9 Å². The number of rotatable bonds is 4. The van der Waals surface area contributed by atoms with Crippen LogP contribution >= 0.6 is 15.9 Å². The molecule has 0 aromatic heterocycles. The Labute approximate surface area is 160 Å². The van der Waals surface area contributed by atoms with E-state index in [1.807, 2.05) is 14.1 Å². The highest BCUT2D eigenvalue weighted by molar-refractivity contribution is 9.10. The van der Waals surface area contributed by atoms with Crippen molar-refractivity contribution in [3.63, 3.8) is 0 Å². The number of likely N-dealkylation sites (N-methyl/N-ethyl adjacent to an activating group) is 1. The summed E-state index contributed by atoms with van der Waals surface area (Å²) in [4.78, 5) is 13.0. The third-order valence-corrected chi connectivity index (χ3v) is 6.15. The molecule has 1 heterocycles. The van der Waals surface area contributed by atoms with Gasteiger partial charge in [-0.25, -0.2) is 13.6 Å². The van der Waals surface area contributed by atoms with E-state index in [4.69, 9.17) is 4.74 Å². The third kappa shape index (κ3) is 3.94. The molecule has 4 nitrogen and oxygen atoms in total. The molecule has 1 aromatic carbocycles. The lowest BCUT2D eigenvalue weighted by Crippen LogP contribution is -2.46. The maximum atomic E-state index is 13.8. The first-order chi connectivity index (χ1) is 12.0. The molecule has 26 heavy (non-hydrogen) atoms. The van der Waals surface area contributed by atoms with Gasteiger partial charge in [0, 0.05) is 29.7 Å². The largest absolute Gasteiger partial charge is 0.454 e. The lowest BCUT2D eigenvalue weighted by Gasteiger charge is -2.33. The van der Waals surface area contributed by atoms with Crippen LogP contribution in [0, 0.1) is 5.92 Å². The minimum absolute atomic E-state index is 0.0842. The predicted octanol–water partition coefficient (Wildman–Crippen LogP) is 3.46. The molecule has 1 N–H and O–H groups in total. The summed E-state index contributed by atoms with van der Waals surface area (Å²) in [6.07, 6.45) is -0.351. The smallest absolute Gasteiger partial charge is 0.343 e. The summed E-state index contributed by atoms with van der Waals surface area (Å²) >= 11 is 3.31. The van der Waals surface area contributed by atoms with E-state index in [0.29, 0.717) is 18.5 Å². The van der Waals surface area contributed by atoms with Crippen LogP contribution in [-0.4, -0.2) is 54.8 Å². The molecule has 0 unspecified atom stereocenters. The Hall–Kier alpha value is -1.05. The minimum atomic E-state index is -2.86. The summed E-state index contributed by atoms with van der Waals surface area (Å²) in [5.41, 5.74) is -1.75. The number of halogens is 3. The first kappa shape index (κ1) is 19.7. The first-order valence-corrected chi connectivity index (χ1v) is 9.70. The van der Waals surface area contributed by atoms with Crippen molar-refractivity contribution >= 4 is 21.9 Å². The molecular weight excluding hydrogens is 408 g/mol. The van der Waals surface area contributed by atoms with Gasteiger partial charge < -0.3 is 14.3 Å². The molecule has 0 amide bonds. The molecule has 1 aromatic rings. The van der Waals surface area contributed by atoms with Crippen molar-refractivity contribution in [2.45, 2.75) is 43.3 Å². The molecule has 2 fully saturated rings. The number of benzene rings is 1. The molecule has 0 radical (unpaired) electrons. The molecule has 1 aliphatic carbocycles. The van der Waals surface area contributed by atoms with Gasteiger partial charge in [0.2, 0.25) is 5.92 Å². The number of nitrogens with zero attached hydrogens (tertiary/aromatic N) is 1. The molecule has 1 aliphatic heterocycles. The van der Waals surface area contributed by atoms with Crippen LogP contribution in [0.5, 0.6) is 0 Å². The normalized spacial score (nSPS) is 29.3. The topological polar surface area (TPSA) is 46.5 Å². The highest BCUT2D eigenvalue weighted by Gasteiger charge is 2.55. The first-order valence-electron chi connectivity index (χ1n) is 8.91.